The summed E-state index contributed by atoms with van der Waals surface area (Å²) >= 11 is 0. The van der Waals surface area contributed by atoms with E-state index in [1.807, 2.05) is 0 Å². The van der Waals surface area contributed by atoms with Crippen LogP contribution in [0.25, 0.3) is 0 Å². The fourth-order valence-electron chi connectivity index (χ4n) is 2.75. The molecule has 2 aromatic rings. The van der Waals surface area contributed by atoms with E-state index in [1.165, 1.54) is 18.3 Å². The summed E-state index contributed by atoms with van der Waals surface area (Å²) in [6.45, 7) is 2.54. The van der Waals surface area contributed by atoms with Gasteiger partial charge in [0.25, 0.3) is 11.6 Å². The van der Waals surface area contributed by atoms with Gasteiger partial charge in [-0.2, -0.15) is 0 Å². The Morgan fingerprint density at radius 3 is 2.96 bits per heavy atom. The van der Waals surface area contributed by atoms with Crippen molar-refractivity contribution in [1.29, 1.82) is 0 Å². The molecule has 0 spiro atoms. The topological polar surface area (TPSA) is 98.5 Å². The molecular formula is C16H16N4O4. The molecule has 0 radical (unpaired) electrons. The van der Waals surface area contributed by atoms with Gasteiger partial charge in [-0.3, -0.25) is 19.9 Å². The van der Waals surface area contributed by atoms with Crippen LogP contribution in [0.4, 0.5) is 5.69 Å². The highest BCUT2D eigenvalue weighted by Crippen LogP contribution is 2.24. The molecule has 1 aliphatic heterocycles. The molecule has 1 fully saturated rings. The smallest absolute Gasteiger partial charge is 0.273 e. The number of nitrogens with zero attached hydrogens (tertiary/aromatic N) is 4. The number of amides is 1. The zero-order valence-corrected chi connectivity index (χ0v) is 13.1. The third-order valence-corrected chi connectivity index (χ3v) is 3.99. The molecule has 1 saturated heterocycles. The number of rotatable bonds is 4. The van der Waals surface area contributed by atoms with E-state index in [4.69, 9.17) is 4.74 Å². The van der Waals surface area contributed by atoms with Gasteiger partial charge in [-0.1, -0.05) is 6.07 Å². The molecule has 124 valence electrons. The summed E-state index contributed by atoms with van der Waals surface area (Å²) in [7, 11) is 0. The van der Waals surface area contributed by atoms with E-state index in [0.717, 1.165) is 0 Å². The van der Waals surface area contributed by atoms with Crippen molar-refractivity contribution >= 4 is 11.6 Å². The summed E-state index contributed by atoms with van der Waals surface area (Å²) in [6, 6.07) is 4.54. The first-order valence-electron chi connectivity index (χ1n) is 7.52. The van der Waals surface area contributed by atoms with Crippen LogP contribution in [0.15, 0.2) is 36.8 Å². The second-order valence-corrected chi connectivity index (χ2v) is 5.53. The molecule has 24 heavy (non-hydrogen) atoms. The van der Waals surface area contributed by atoms with Crippen molar-refractivity contribution in [3.8, 4) is 5.88 Å². The molecule has 1 unspecified atom stereocenters. The summed E-state index contributed by atoms with van der Waals surface area (Å²) in [5.41, 5.74) is 0.683. The Labute approximate surface area is 138 Å². The van der Waals surface area contributed by atoms with Gasteiger partial charge in [-0.25, -0.2) is 4.98 Å². The predicted molar refractivity (Wildman–Crippen MR) is 84.8 cm³/mol. The summed E-state index contributed by atoms with van der Waals surface area (Å²) in [5.74, 6) is 0.199. The fourth-order valence-corrected chi connectivity index (χ4v) is 2.75. The fraction of sp³-hybridized carbons (Fsp3) is 0.312. The molecule has 1 aromatic carbocycles. The average Bonchev–Trinajstić information content (AvgIpc) is 3.03. The SMILES string of the molecule is Cc1c(C(=O)N2CCC(Oc3cnccn3)C2)cccc1[N+](=O)[O-]. The van der Waals surface area contributed by atoms with Crippen molar-refractivity contribution < 1.29 is 14.5 Å². The number of nitro benzene ring substituents is 1. The molecule has 0 bridgehead atoms. The first-order chi connectivity index (χ1) is 11.6. The van der Waals surface area contributed by atoms with Crippen LogP contribution in [-0.4, -0.2) is 44.9 Å². The Kier molecular flexibility index (Phi) is 4.37. The number of aromatic nitrogens is 2. The molecule has 2 heterocycles. The molecule has 0 N–H and O–H groups in total. The Balaban J connectivity index is 1.71. The Hall–Kier alpha value is -3.03. The molecule has 1 atom stereocenters. The highest BCUT2D eigenvalue weighted by molar-refractivity contribution is 5.96. The monoisotopic (exact) mass is 328 g/mol. The van der Waals surface area contributed by atoms with Gasteiger partial charge in [0.05, 0.1) is 17.7 Å². The number of hydrogen-bond donors (Lipinski definition) is 0. The van der Waals surface area contributed by atoms with Crippen molar-refractivity contribution in [3.63, 3.8) is 0 Å². The van der Waals surface area contributed by atoms with Gasteiger partial charge in [-0.05, 0) is 13.0 Å². The molecule has 0 saturated carbocycles. The minimum atomic E-state index is -0.476. The van der Waals surface area contributed by atoms with Crippen molar-refractivity contribution in [3.05, 3.63) is 58.0 Å². The van der Waals surface area contributed by atoms with Crippen molar-refractivity contribution in [2.75, 3.05) is 13.1 Å². The van der Waals surface area contributed by atoms with E-state index in [9.17, 15) is 14.9 Å². The van der Waals surface area contributed by atoms with E-state index >= 15 is 0 Å². The number of ether oxygens (including phenoxy) is 1. The number of benzene rings is 1. The van der Waals surface area contributed by atoms with E-state index in [2.05, 4.69) is 9.97 Å². The van der Waals surface area contributed by atoms with Crippen molar-refractivity contribution in [2.24, 2.45) is 0 Å². The average molecular weight is 328 g/mol. The standard InChI is InChI=1S/C16H16N4O4/c1-11-13(3-2-4-14(11)20(22)23)16(21)19-8-5-12(10-19)24-15-9-17-6-7-18-15/h2-4,6-7,9,12H,5,8,10H2,1H3. The number of hydrogen-bond acceptors (Lipinski definition) is 6. The highest BCUT2D eigenvalue weighted by atomic mass is 16.6. The quantitative estimate of drug-likeness (QED) is 0.629. The summed E-state index contributed by atoms with van der Waals surface area (Å²) in [4.78, 5) is 32.8. The maximum Gasteiger partial charge on any atom is 0.273 e. The van der Waals surface area contributed by atoms with Crippen LogP contribution in [0.3, 0.4) is 0 Å². The lowest BCUT2D eigenvalue weighted by molar-refractivity contribution is -0.385. The van der Waals surface area contributed by atoms with Crippen LogP contribution >= 0.6 is 0 Å². The summed E-state index contributed by atoms with van der Waals surface area (Å²) < 4.78 is 5.71. The first-order valence-corrected chi connectivity index (χ1v) is 7.52. The third-order valence-electron chi connectivity index (χ3n) is 3.99. The molecule has 1 aliphatic rings. The van der Waals surface area contributed by atoms with Gasteiger partial charge in [-0.15, -0.1) is 0 Å². The molecule has 1 aromatic heterocycles. The van der Waals surface area contributed by atoms with Gasteiger partial charge in [0.2, 0.25) is 5.88 Å². The summed E-state index contributed by atoms with van der Waals surface area (Å²) in [5, 5.41) is 11.0. The zero-order chi connectivity index (χ0) is 17.1. The molecule has 3 rings (SSSR count). The lowest BCUT2D eigenvalue weighted by Crippen LogP contribution is -2.31. The maximum atomic E-state index is 12.7. The van der Waals surface area contributed by atoms with E-state index in [1.54, 1.807) is 30.3 Å². The highest BCUT2D eigenvalue weighted by Gasteiger charge is 2.30. The Morgan fingerprint density at radius 2 is 2.25 bits per heavy atom. The largest absolute Gasteiger partial charge is 0.471 e. The van der Waals surface area contributed by atoms with Crippen LogP contribution in [0.1, 0.15) is 22.3 Å². The molecule has 0 aliphatic carbocycles. The number of likely N-dealkylation sites (tertiary alicyclic amines) is 1. The number of nitro groups is 1. The van der Waals surface area contributed by atoms with Gasteiger partial charge in [0.15, 0.2) is 0 Å². The molecule has 8 heteroatoms. The molecule has 1 amide bonds. The first kappa shape index (κ1) is 15.9. The van der Waals surface area contributed by atoms with Crippen LogP contribution < -0.4 is 4.74 Å². The van der Waals surface area contributed by atoms with Crippen molar-refractivity contribution in [2.45, 2.75) is 19.4 Å². The van der Waals surface area contributed by atoms with Crippen LogP contribution in [0, 0.1) is 17.0 Å². The maximum absolute atomic E-state index is 12.7. The number of carbonyl (C=O) groups is 1. The molecule has 8 nitrogen and oxygen atoms in total. The van der Waals surface area contributed by atoms with Crippen LogP contribution in [0.5, 0.6) is 5.88 Å². The number of carbonyl (C=O) groups excluding carboxylic acids is 1. The molecular weight excluding hydrogens is 312 g/mol. The van der Waals surface area contributed by atoms with Gasteiger partial charge >= 0.3 is 0 Å². The van der Waals surface area contributed by atoms with Gasteiger partial charge in [0, 0.05) is 42.6 Å². The zero-order valence-electron chi connectivity index (χ0n) is 13.1. The van der Waals surface area contributed by atoms with Gasteiger partial charge < -0.3 is 9.64 Å². The minimum absolute atomic E-state index is 0.0487. The van der Waals surface area contributed by atoms with Crippen LogP contribution in [-0.2, 0) is 0 Å². The predicted octanol–water partition coefficient (Wildman–Crippen LogP) is 1.99. The van der Waals surface area contributed by atoms with Crippen molar-refractivity contribution in [1.82, 2.24) is 14.9 Å². The summed E-state index contributed by atoms with van der Waals surface area (Å²) in [6.07, 6.45) is 5.14. The lowest BCUT2D eigenvalue weighted by Gasteiger charge is -2.18. The lowest BCUT2D eigenvalue weighted by atomic mass is 10.1. The Bertz CT molecular complexity index is 766. The van der Waals surface area contributed by atoms with Crippen LogP contribution in [0.2, 0.25) is 0 Å². The second-order valence-electron chi connectivity index (χ2n) is 5.53. The Morgan fingerprint density at radius 1 is 1.42 bits per heavy atom. The normalized spacial score (nSPS) is 16.9. The van der Waals surface area contributed by atoms with E-state index < -0.39 is 4.92 Å². The second kappa shape index (κ2) is 6.61. The minimum Gasteiger partial charge on any atom is -0.471 e. The van der Waals surface area contributed by atoms with E-state index in [0.29, 0.717) is 36.5 Å². The third kappa shape index (κ3) is 3.17. The van der Waals surface area contributed by atoms with E-state index in [-0.39, 0.29) is 17.7 Å². The van der Waals surface area contributed by atoms with Gasteiger partial charge in [0.1, 0.15) is 6.10 Å².